The van der Waals surface area contributed by atoms with Crippen LogP contribution in [0.4, 0.5) is 13.2 Å². The van der Waals surface area contributed by atoms with Gasteiger partial charge in [-0.1, -0.05) is 45.0 Å². The summed E-state index contributed by atoms with van der Waals surface area (Å²) in [5.74, 6) is -1.60. The van der Waals surface area contributed by atoms with E-state index >= 15 is 0 Å². The average Bonchev–Trinajstić information content (AvgIpc) is 4.06. The number of alkyl halides is 3. The highest BCUT2D eigenvalue weighted by molar-refractivity contribution is 7.13. The molecule has 3 atom stereocenters. The van der Waals surface area contributed by atoms with Crippen molar-refractivity contribution in [3.8, 4) is 16.1 Å². The topological polar surface area (TPSA) is 182 Å². The molecule has 3 aromatic heterocycles. The van der Waals surface area contributed by atoms with Gasteiger partial charge in [0.05, 0.1) is 59.7 Å². The van der Waals surface area contributed by atoms with Gasteiger partial charge in [0.25, 0.3) is 5.91 Å². The number of hydrogen-bond donors (Lipinski definition) is 4. The maximum atomic E-state index is 14.0. The molecule has 0 unspecified atom stereocenters. The second-order valence-corrected chi connectivity index (χ2v) is 18.2. The van der Waals surface area contributed by atoms with Gasteiger partial charge in [0.2, 0.25) is 17.7 Å². The first kappa shape index (κ1) is 47.8. The van der Waals surface area contributed by atoms with Crippen molar-refractivity contribution in [1.29, 1.82) is 0 Å². The molecule has 4 amide bonds. The predicted molar refractivity (Wildman–Crippen MR) is 243 cm³/mol. The molecule has 1 aliphatic rings. The number of thiazole rings is 1. The second-order valence-electron chi connectivity index (χ2n) is 17.3. The zero-order chi connectivity index (χ0) is 47.3. The summed E-state index contributed by atoms with van der Waals surface area (Å²) in [5.41, 5.74) is 5.30. The molecule has 7 rings (SSSR count). The zero-order valence-electron chi connectivity index (χ0n) is 37.3. The minimum atomic E-state index is -4.46. The number of carbonyl (C=O) groups is 4. The normalized spacial score (nSPS) is 15.9. The smallest absolute Gasteiger partial charge is 0.391 e. The van der Waals surface area contributed by atoms with Gasteiger partial charge in [0, 0.05) is 67.7 Å². The van der Waals surface area contributed by atoms with Crippen LogP contribution in [0, 0.1) is 12.3 Å². The molecule has 3 aromatic carbocycles. The van der Waals surface area contributed by atoms with Crippen molar-refractivity contribution in [3.63, 3.8) is 0 Å². The van der Waals surface area contributed by atoms with Gasteiger partial charge >= 0.3 is 6.18 Å². The van der Waals surface area contributed by atoms with Crippen molar-refractivity contribution in [2.24, 2.45) is 12.5 Å². The second kappa shape index (κ2) is 20.2. The van der Waals surface area contributed by atoms with E-state index in [1.807, 2.05) is 52.0 Å². The van der Waals surface area contributed by atoms with E-state index in [1.54, 1.807) is 57.5 Å². The number of nitrogens with zero attached hydrogens (tertiary/aromatic N) is 5. The molecule has 0 saturated carbocycles. The number of benzene rings is 3. The van der Waals surface area contributed by atoms with Crippen molar-refractivity contribution in [3.05, 3.63) is 101 Å². The number of aliphatic hydroxyl groups is 1. The van der Waals surface area contributed by atoms with Gasteiger partial charge < -0.3 is 35.4 Å². The molecular weight excluding hydrogens is 878 g/mol. The fourth-order valence-electron chi connectivity index (χ4n) is 7.93. The summed E-state index contributed by atoms with van der Waals surface area (Å²) in [6.45, 7) is 8.43. The summed E-state index contributed by atoms with van der Waals surface area (Å²) in [4.78, 5) is 60.3. The third kappa shape index (κ3) is 11.1. The van der Waals surface area contributed by atoms with Gasteiger partial charge in [-0.3, -0.25) is 28.4 Å². The highest BCUT2D eigenvalue weighted by atomic mass is 32.1. The van der Waals surface area contributed by atoms with E-state index in [9.17, 15) is 37.5 Å². The summed E-state index contributed by atoms with van der Waals surface area (Å²) in [6.07, 6.45) is -3.52. The van der Waals surface area contributed by atoms with Crippen molar-refractivity contribution < 1.29 is 46.9 Å². The van der Waals surface area contributed by atoms with E-state index in [0.717, 1.165) is 39.2 Å². The molecule has 0 radical (unpaired) electrons. The minimum absolute atomic E-state index is 0.0345. The number of amides is 4. The summed E-state index contributed by atoms with van der Waals surface area (Å²) in [7, 11) is 1.74. The van der Waals surface area contributed by atoms with Crippen LogP contribution in [0.2, 0.25) is 0 Å². The fraction of sp³-hybridized carbons (Fsp3) is 0.404. The van der Waals surface area contributed by atoms with Gasteiger partial charge in [-0.2, -0.15) is 18.3 Å². The minimum Gasteiger partial charge on any atom is -0.391 e. The van der Waals surface area contributed by atoms with Crippen molar-refractivity contribution in [1.82, 2.24) is 40.2 Å². The van der Waals surface area contributed by atoms with Crippen LogP contribution in [0.15, 0.2) is 78.4 Å². The van der Waals surface area contributed by atoms with E-state index in [0.29, 0.717) is 27.8 Å². The molecule has 19 heteroatoms. The molecule has 15 nitrogen and oxygen atoms in total. The molecule has 0 aliphatic carbocycles. The largest absolute Gasteiger partial charge is 0.416 e. The van der Waals surface area contributed by atoms with E-state index in [-0.39, 0.29) is 64.8 Å². The molecule has 1 saturated heterocycles. The standard InChI is InChI=1S/C47H53F3N8O7S/c1-28-40(66-27-53-28)30-8-6-29(7-9-30)24-52-44(62)38-23-34(59)25-57(38)45(63)41(46(2,3)4)54-39(60)16-18-64-20-21-65-19-17-51-43(61)31-10-15-37-35(22-31)36-26-56(5)55-42(36)58(37)33-13-11-32(12-14-33)47(48,49)50/h6-15,22,26-27,34,38,41,59H,16-21,23-25H2,1-5H3,(H,51,61)(H,52,62)(H,54,60)/t34-,38+,41-/m1/s1. The van der Waals surface area contributed by atoms with Crippen LogP contribution >= 0.6 is 11.3 Å². The van der Waals surface area contributed by atoms with Gasteiger partial charge in [0.15, 0.2) is 5.65 Å². The Bertz CT molecular complexity index is 2690. The van der Waals surface area contributed by atoms with E-state index < -0.39 is 53.1 Å². The molecule has 0 spiro atoms. The van der Waals surface area contributed by atoms with Gasteiger partial charge in [0.1, 0.15) is 12.1 Å². The molecule has 6 aromatic rings. The molecule has 66 heavy (non-hydrogen) atoms. The quantitative estimate of drug-likeness (QED) is 0.0807. The Balaban J connectivity index is 0.827. The number of carbonyl (C=O) groups excluding carboxylic acids is 4. The lowest BCUT2D eigenvalue weighted by atomic mass is 9.85. The van der Waals surface area contributed by atoms with Crippen LogP contribution in [0.1, 0.15) is 60.8 Å². The highest BCUT2D eigenvalue weighted by Crippen LogP contribution is 2.35. The Kier molecular flexibility index (Phi) is 14.6. The zero-order valence-corrected chi connectivity index (χ0v) is 38.1. The van der Waals surface area contributed by atoms with Crippen LogP contribution in [0.3, 0.4) is 0 Å². The van der Waals surface area contributed by atoms with Gasteiger partial charge in [-0.25, -0.2) is 4.98 Å². The number of aromatic nitrogens is 4. The summed E-state index contributed by atoms with van der Waals surface area (Å²) < 4.78 is 54.2. The predicted octanol–water partition coefficient (Wildman–Crippen LogP) is 5.93. The van der Waals surface area contributed by atoms with E-state index in [4.69, 9.17) is 9.47 Å². The first-order valence-corrected chi connectivity index (χ1v) is 22.4. The van der Waals surface area contributed by atoms with Crippen molar-refractivity contribution in [2.75, 3.05) is 39.5 Å². The van der Waals surface area contributed by atoms with Gasteiger partial charge in [-0.05, 0) is 65.9 Å². The number of fused-ring (bicyclic) bond motifs is 3. The van der Waals surface area contributed by atoms with E-state index in [2.05, 4.69) is 26.0 Å². The molecule has 350 valence electrons. The van der Waals surface area contributed by atoms with Gasteiger partial charge in [-0.15, -0.1) is 11.3 Å². The maximum Gasteiger partial charge on any atom is 0.416 e. The molecular formula is C47H53F3N8O7S. The number of halogens is 3. The summed E-state index contributed by atoms with van der Waals surface area (Å²) in [6, 6.07) is 15.9. The Labute approximate surface area is 383 Å². The molecule has 4 heterocycles. The Morgan fingerprint density at radius 1 is 0.924 bits per heavy atom. The number of rotatable bonds is 17. The SMILES string of the molecule is Cc1ncsc1-c1ccc(CNC(=O)[C@@H]2C[C@@H](O)CN2C(=O)[C@@H](NC(=O)CCOCCOCCNC(=O)c2ccc3c(c2)c2cn(C)nc2n3-c2ccc(C(F)(F)F)cc2)C(C)(C)C)cc1. The monoisotopic (exact) mass is 930 g/mol. The highest BCUT2D eigenvalue weighted by Gasteiger charge is 2.44. The summed E-state index contributed by atoms with van der Waals surface area (Å²) in [5, 5.41) is 25.1. The fourth-order valence-corrected chi connectivity index (χ4v) is 8.75. The third-order valence-electron chi connectivity index (χ3n) is 11.4. The number of nitrogens with one attached hydrogen (secondary N) is 3. The Morgan fingerprint density at radius 2 is 1.64 bits per heavy atom. The lowest BCUT2D eigenvalue weighted by molar-refractivity contribution is -0.144. The first-order valence-electron chi connectivity index (χ1n) is 21.5. The Morgan fingerprint density at radius 3 is 2.30 bits per heavy atom. The number of hydrogen-bond acceptors (Lipinski definition) is 10. The van der Waals surface area contributed by atoms with Crippen LogP contribution in [0.5, 0.6) is 0 Å². The maximum absolute atomic E-state index is 14.0. The van der Waals surface area contributed by atoms with Crippen molar-refractivity contribution in [2.45, 2.75) is 71.4 Å². The van der Waals surface area contributed by atoms with Crippen LogP contribution in [-0.2, 0) is 43.6 Å². The van der Waals surface area contributed by atoms with Crippen LogP contribution in [0.25, 0.3) is 38.1 Å². The number of β-amino-alcohol motifs (C(OH)–C–C–N with tert-alkyl or cyclic N) is 1. The lowest BCUT2D eigenvalue weighted by Crippen LogP contribution is -2.57. The summed E-state index contributed by atoms with van der Waals surface area (Å²) >= 11 is 1.56. The van der Waals surface area contributed by atoms with Crippen LogP contribution in [-0.4, -0.2) is 111 Å². The number of ether oxygens (including phenoxy) is 2. The average molecular weight is 931 g/mol. The first-order chi connectivity index (χ1) is 31.4. The molecule has 4 N–H and O–H groups in total. The lowest BCUT2D eigenvalue weighted by Gasteiger charge is -2.35. The third-order valence-corrected chi connectivity index (χ3v) is 12.3. The molecule has 0 bridgehead atoms. The number of likely N-dealkylation sites (tertiary alicyclic amines) is 1. The van der Waals surface area contributed by atoms with Crippen molar-refractivity contribution >= 4 is 56.9 Å². The Hall–Kier alpha value is -6.15. The molecule has 1 aliphatic heterocycles. The number of aliphatic hydroxyl groups excluding tert-OH is 1. The molecule has 1 fully saturated rings. The number of aryl methyl sites for hydroxylation is 2. The van der Waals surface area contributed by atoms with E-state index in [1.165, 1.54) is 17.0 Å². The van der Waals surface area contributed by atoms with Crippen LogP contribution < -0.4 is 16.0 Å².